The minimum Gasteiger partial charge on any atom is -0.478 e. The van der Waals surface area contributed by atoms with Crippen molar-refractivity contribution in [2.45, 2.75) is 19.8 Å². The Balaban J connectivity index is 2.83. The number of halogens is 2. The first-order valence-corrected chi connectivity index (χ1v) is 8.06. The standard InChI is InChI=1S/C17H17Cl2NO5/c1-8-12(16(21)22)14(10-5-4-6-11(18)15(10)19)13(17(23)24)9(2)20(8)7-25-3/h4-6,14H,7H2,1-3H3,(H,21,22)(H,23,24). The van der Waals surface area contributed by atoms with Crippen LogP contribution in [0.3, 0.4) is 0 Å². The lowest BCUT2D eigenvalue weighted by atomic mass is 9.80. The number of benzene rings is 1. The molecule has 8 heteroatoms. The van der Waals surface area contributed by atoms with Crippen LogP contribution in [0.2, 0.25) is 10.0 Å². The first-order chi connectivity index (χ1) is 11.7. The van der Waals surface area contributed by atoms with Gasteiger partial charge in [0.25, 0.3) is 0 Å². The molecule has 0 radical (unpaired) electrons. The van der Waals surface area contributed by atoms with E-state index in [1.807, 2.05) is 0 Å². The van der Waals surface area contributed by atoms with E-state index in [1.165, 1.54) is 12.0 Å². The van der Waals surface area contributed by atoms with Crippen LogP contribution in [0.5, 0.6) is 0 Å². The van der Waals surface area contributed by atoms with Gasteiger partial charge in [-0.15, -0.1) is 0 Å². The topological polar surface area (TPSA) is 87.1 Å². The molecule has 0 unspecified atom stereocenters. The number of carboxylic acids is 2. The lowest BCUT2D eigenvalue weighted by Gasteiger charge is -2.36. The van der Waals surface area contributed by atoms with E-state index >= 15 is 0 Å². The predicted octanol–water partition coefficient (Wildman–Crippen LogP) is 3.71. The highest BCUT2D eigenvalue weighted by Gasteiger charge is 2.40. The fourth-order valence-corrected chi connectivity index (χ4v) is 3.46. The van der Waals surface area contributed by atoms with Crippen LogP contribution >= 0.6 is 23.2 Å². The minimum atomic E-state index is -1.23. The summed E-state index contributed by atoms with van der Waals surface area (Å²) in [6, 6.07) is 4.74. The summed E-state index contributed by atoms with van der Waals surface area (Å²) in [4.78, 5) is 25.4. The van der Waals surface area contributed by atoms with Gasteiger partial charge >= 0.3 is 11.9 Å². The van der Waals surface area contributed by atoms with Gasteiger partial charge in [-0.25, -0.2) is 9.59 Å². The van der Waals surface area contributed by atoms with Gasteiger partial charge in [0, 0.05) is 18.5 Å². The second kappa shape index (κ2) is 7.47. The molecular weight excluding hydrogens is 369 g/mol. The number of nitrogens with zero attached hydrogens (tertiary/aromatic N) is 1. The first kappa shape index (κ1) is 19.3. The zero-order valence-corrected chi connectivity index (χ0v) is 15.4. The fourth-order valence-electron chi connectivity index (χ4n) is 3.04. The highest BCUT2D eigenvalue weighted by molar-refractivity contribution is 6.42. The van der Waals surface area contributed by atoms with Crippen molar-refractivity contribution in [1.29, 1.82) is 0 Å². The normalized spacial score (nSPS) is 15.8. The molecule has 0 atom stereocenters. The van der Waals surface area contributed by atoms with E-state index in [4.69, 9.17) is 27.9 Å². The number of aliphatic carboxylic acids is 2. The van der Waals surface area contributed by atoms with Gasteiger partial charge in [-0.1, -0.05) is 35.3 Å². The molecule has 134 valence electrons. The molecule has 2 N–H and O–H groups in total. The summed E-state index contributed by atoms with van der Waals surface area (Å²) in [5.41, 5.74) is 0.948. The minimum absolute atomic E-state index is 0.0290. The second-order valence-electron chi connectivity index (χ2n) is 5.53. The van der Waals surface area contributed by atoms with Crippen LogP contribution < -0.4 is 0 Å². The number of ether oxygens (including phenoxy) is 1. The van der Waals surface area contributed by atoms with Crippen molar-refractivity contribution in [2.75, 3.05) is 13.8 Å². The Kier molecular flexibility index (Phi) is 5.77. The maximum atomic E-state index is 12.0. The number of hydrogen-bond acceptors (Lipinski definition) is 4. The Hall–Kier alpha value is -2.02. The van der Waals surface area contributed by atoms with Crippen LogP contribution in [-0.2, 0) is 14.3 Å². The highest BCUT2D eigenvalue weighted by atomic mass is 35.5. The van der Waals surface area contributed by atoms with E-state index in [0.717, 1.165) is 0 Å². The fraction of sp³-hybridized carbons (Fsp3) is 0.294. The Morgan fingerprint density at radius 2 is 1.64 bits per heavy atom. The van der Waals surface area contributed by atoms with Gasteiger partial charge in [-0.05, 0) is 25.5 Å². The highest BCUT2D eigenvalue weighted by Crippen LogP contribution is 2.45. The zero-order valence-electron chi connectivity index (χ0n) is 13.8. The SMILES string of the molecule is COCN1C(C)=C(C(=O)O)C(c2cccc(Cl)c2Cl)C(C(=O)O)=C1C. The molecular formula is C17H17Cl2NO5. The molecule has 0 saturated carbocycles. The Morgan fingerprint density at radius 1 is 1.12 bits per heavy atom. The summed E-state index contributed by atoms with van der Waals surface area (Å²) in [6.07, 6.45) is 0. The lowest BCUT2D eigenvalue weighted by molar-refractivity contribution is -0.133. The predicted molar refractivity (Wildman–Crippen MR) is 93.6 cm³/mol. The average Bonchev–Trinajstić information content (AvgIpc) is 2.52. The van der Waals surface area contributed by atoms with Gasteiger partial charge in [0.1, 0.15) is 6.73 Å². The summed E-state index contributed by atoms with van der Waals surface area (Å²) in [7, 11) is 1.45. The maximum absolute atomic E-state index is 12.0. The van der Waals surface area contributed by atoms with Crippen molar-refractivity contribution >= 4 is 35.1 Å². The van der Waals surface area contributed by atoms with Crippen LogP contribution in [0.4, 0.5) is 0 Å². The Labute approximate surface area is 154 Å². The largest absolute Gasteiger partial charge is 0.478 e. The molecule has 0 amide bonds. The number of methoxy groups -OCH3 is 1. The number of carbonyl (C=O) groups is 2. The summed E-state index contributed by atoms with van der Waals surface area (Å²) in [5.74, 6) is -3.51. The van der Waals surface area contributed by atoms with Crippen molar-refractivity contribution in [2.24, 2.45) is 0 Å². The van der Waals surface area contributed by atoms with Gasteiger partial charge in [0.15, 0.2) is 0 Å². The molecule has 1 aromatic rings. The van der Waals surface area contributed by atoms with E-state index < -0.39 is 17.9 Å². The molecule has 0 saturated heterocycles. The van der Waals surface area contributed by atoms with Gasteiger partial charge < -0.3 is 19.8 Å². The van der Waals surface area contributed by atoms with Crippen molar-refractivity contribution in [3.05, 3.63) is 56.3 Å². The van der Waals surface area contributed by atoms with E-state index in [1.54, 1.807) is 32.0 Å². The number of allylic oxidation sites excluding steroid dienone is 2. The lowest BCUT2D eigenvalue weighted by Crippen LogP contribution is -2.35. The van der Waals surface area contributed by atoms with Gasteiger partial charge in [0.2, 0.25) is 0 Å². The van der Waals surface area contributed by atoms with Crippen molar-refractivity contribution in [1.82, 2.24) is 4.90 Å². The van der Waals surface area contributed by atoms with Gasteiger partial charge in [-0.2, -0.15) is 0 Å². The second-order valence-corrected chi connectivity index (χ2v) is 6.32. The quantitative estimate of drug-likeness (QED) is 0.802. The number of carboxylic acid groups (broad SMARTS) is 2. The van der Waals surface area contributed by atoms with E-state index in [-0.39, 0.29) is 27.9 Å². The smallest absolute Gasteiger partial charge is 0.334 e. The molecule has 25 heavy (non-hydrogen) atoms. The van der Waals surface area contributed by atoms with Crippen LogP contribution in [0.1, 0.15) is 25.3 Å². The van der Waals surface area contributed by atoms with Crippen molar-refractivity contribution in [3.63, 3.8) is 0 Å². The first-order valence-electron chi connectivity index (χ1n) is 7.30. The molecule has 6 nitrogen and oxygen atoms in total. The third kappa shape index (κ3) is 3.38. The molecule has 1 aromatic carbocycles. The Bertz CT molecular complexity index is 762. The molecule has 0 aliphatic carbocycles. The third-order valence-electron chi connectivity index (χ3n) is 4.18. The maximum Gasteiger partial charge on any atom is 0.334 e. The molecule has 0 bridgehead atoms. The molecule has 0 spiro atoms. The van der Waals surface area contributed by atoms with Crippen LogP contribution in [-0.4, -0.2) is 40.9 Å². The van der Waals surface area contributed by atoms with E-state index in [2.05, 4.69) is 0 Å². The van der Waals surface area contributed by atoms with Crippen LogP contribution in [0, 0.1) is 0 Å². The van der Waals surface area contributed by atoms with Crippen molar-refractivity contribution < 1.29 is 24.5 Å². The summed E-state index contributed by atoms with van der Waals surface area (Å²) in [6.45, 7) is 3.24. The summed E-state index contributed by atoms with van der Waals surface area (Å²) < 4.78 is 5.09. The third-order valence-corrected chi connectivity index (χ3v) is 5.01. The van der Waals surface area contributed by atoms with E-state index in [9.17, 15) is 19.8 Å². The molecule has 0 fully saturated rings. The van der Waals surface area contributed by atoms with Crippen molar-refractivity contribution in [3.8, 4) is 0 Å². The summed E-state index contributed by atoms with van der Waals surface area (Å²) in [5, 5.41) is 19.9. The number of hydrogen-bond donors (Lipinski definition) is 2. The molecule has 2 rings (SSSR count). The van der Waals surface area contributed by atoms with Crippen LogP contribution in [0.25, 0.3) is 0 Å². The monoisotopic (exact) mass is 385 g/mol. The van der Waals surface area contributed by atoms with E-state index in [0.29, 0.717) is 17.0 Å². The molecule has 1 aliphatic heterocycles. The van der Waals surface area contributed by atoms with Gasteiger partial charge in [-0.3, -0.25) is 0 Å². The zero-order chi connectivity index (χ0) is 18.9. The summed E-state index contributed by atoms with van der Waals surface area (Å²) >= 11 is 12.3. The molecule has 0 aromatic heterocycles. The van der Waals surface area contributed by atoms with Crippen LogP contribution in [0.15, 0.2) is 40.7 Å². The average molecular weight is 386 g/mol. The Morgan fingerprint density at radius 3 is 2.08 bits per heavy atom. The molecule has 1 aliphatic rings. The molecule has 1 heterocycles. The van der Waals surface area contributed by atoms with Gasteiger partial charge in [0.05, 0.1) is 27.1 Å². The number of rotatable bonds is 5.